The van der Waals surface area contributed by atoms with Gasteiger partial charge in [-0.25, -0.2) is 24.3 Å². The lowest BCUT2D eigenvalue weighted by Crippen LogP contribution is -2.24. The van der Waals surface area contributed by atoms with E-state index >= 15 is 0 Å². The zero-order valence-corrected chi connectivity index (χ0v) is 14.1. The fourth-order valence-electron chi connectivity index (χ4n) is 3.64. The minimum Gasteiger partial charge on any atom is -0.368 e. The molecule has 6 nitrogen and oxygen atoms in total. The highest BCUT2D eigenvalue weighted by molar-refractivity contribution is 6.00. The Bertz CT molecular complexity index is 1010. The Morgan fingerprint density at radius 1 is 1.15 bits per heavy atom. The van der Waals surface area contributed by atoms with Crippen LogP contribution >= 0.6 is 0 Å². The number of benzene rings is 1. The molecule has 1 aromatic carbocycles. The van der Waals surface area contributed by atoms with Crippen LogP contribution in [0.3, 0.4) is 0 Å². The molecule has 4 rings (SSSR count). The minimum absolute atomic E-state index is 0.0905. The maximum absolute atomic E-state index is 14.8. The first-order chi connectivity index (χ1) is 12.5. The highest BCUT2D eigenvalue weighted by Gasteiger charge is 2.32. The van der Waals surface area contributed by atoms with Crippen LogP contribution < -0.4 is 5.73 Å². The van der Waals surface area contributed by atoms with Crippen LogP contribution in [0.25, 0.3) is 11.1 Å². The molecular formula is C19H16FN5O. The Morgan fingerprint density at radius 2 is 1.92 bits per heavy atom. The summed E-state index contributed by atoms with van der Waals surface area (Å²) in [6.07, 6.45) is 5.31. The molecule has 130 valence electrons. The van der Waals surface area contributed by atoms with Gasteiger partial charge in [0.25, 0.3) is 0 Å². The second-order valence-corrected chi connectivity index (χ2v) is 6.35. The molecule has 2 N–H and O–H groups in total. The number of nitrogens with zero attached hydrogens (tertiary/aromatic N) is 4. The molecule has 2 heterocycles. The van der Waals surface area contributed by atoms with Gasteiger partial charge in [-0.05, 0) is 30.5 Å². The summed E-state index contributed by atoms with van der Waals surface area (Å²) < 4.78 is 14.8. The molecule has 0 saturated carbocycles. The maximum Gasteiger partial charge on any atom is 0.220 e. The van der Waals surface area contributed by atoms with E-state index in [0.717, 1.165) is 0 Å². The smallest absolute Gasteiger partial charge is 0.220 e. The van der Waals surface area contributed by atoms with Gasteiger partial charge >= 0.3 is 0 Å². The third-order valence-electron chi connectivity index (χ3n) is 4.67. The molecule has 1 unspecified atom stereocenters. The number of Topliss-reactive ketones (excluding diaryl/α,β-unsaturated/α-hetero) is 1. The van der Waals surface area contributed by atoms with Gasteiger partial charge in [-0.3, -0.25) is 4.79 Å². The van der Waals surface area contributed by atoms with E-state index in [1.54, 1.807) is 25.4 Å². The summed E-state index contributed by atoms with van der Waals surface area (Å²) in [5, 5.41) is 0. The highest BCUT2D eigenvalue weighted by atomic mass is 19.1. The summed E-state index contributed by atoms with van der Waals surface area (Å²) in [5.41, 5.74) is 9.27. The summed E-state index contributed by atoms with van der Waals surface area (Å²) in [7, 11) is 0. The van der Waals surface area contributed by atoms with E-state index in [-0.39, 0.29) is 29.9 Å². The van der Waals surface area contributed by atoms with Crippen molar-refractivity contribution < 1.29 is 9.18 Å². The lowest BCUT2D eigenvalue weighted by atomic mass is 9.78. The van der Waals surface area contributed by atoms with Gasteiger partial charge in [0, 0.05) is 30.3 Å². The maximum atomic E-state index is 14.8. The van der Waals surface area contributed by atoms with Gasteiger partial charge in [0.15, 0.2) is 5.78 Å². The predicted molar refractivity (Wildman–Crippen MR) is 94.0 cm³/mol. The van der Waals surface area contributed by atoms with E-state index in [9.17, 15) is 9.18 Å². The average molecular weight is 349 g/mol. The molecule has 0 aliphatic heterocycles. The number of rotatable bonds is 2. The number of halogens is 1. The quantitative estimate of drug-likeness (QED) is 0.764. The Kier molecular flexibility index (Phi) is 3.91. The largest absolute Gasteiger partial charge is 0.368 e. The number of aromatic nitrogens is 4. The Hall–Kier alpha value is -3.22. The van der Waals surface area contributed by atoms with Crippen molar-refractivity contribution in [3.63, 3.8) is 0 Å². The van der Waals surface area contributed by atoms with E-state index in [1.165, 1.54) is 12.4 Å². The number of fused-ring (bicyclic) bond motifs is 1. The molecule has 26 heavy (non-hydrogen) atoms. The van der Waals surface area contributed by atoms with Gasteiger partial charge in [-0.1, -0.05) is 12.1 Å². The van der Waals surface area contributed by atoms with Crippen LogP contribution in [0.15, 0.2) is 36.9 Å². The van der Waals surface area contributed by atoms with Gasteiger partial charge in [0.2, 0.25) is 5.95 Å². The molecule has 0 amide bonds. The number of aryl methyl sites for hydroxylation is 1. The molecular weight excluding hydrogens is 333 g/mol. The van der Waals surface area contributed by atoms with Crippen molar-refractivity contribution in [2.75, 3.05) is 5.73 Å². The van der Waals surface area contributed by atoms with E-state index < -0.39 is 0 Å². The van der Waals surface area contributed by atoms with Crippen molar-refractivity contribution in [1.29, 1.82) is 0 Å². The van der Waals surface area contributed by atoms with Crippen molar-refractivity contribution in [1.82, 2.24) is 19.9 Å². The van der Waals surface area contributed by atoms with Crippen LogP contribution in [0, 0.1) is 12.7 Å². The zero-order valence-electron chi connectivity index (χ0n) is 14.1. The molecule has 7 heteroatoms. The van der Waals surface area contributed by atoms with Crippen molar-refractivity contribution in [2.24, 2.45) is 0 Å². The molecule has 0 radical (unpaired) electrons. The molecule has 1 atom stereocenters. The molecule has 0 spiro atoms. The normalized spacial score (nSPS) is 16.4. The van der Waals surface area contributed by atoms with Gasteiger partial charge in [-0.2, -0.15) is 0 Å². The van der Waals surface area contributed by atoms with Crippen LogP contribution in [0.4, 0.5) is 10.3 Å². The second-order valence-electron chi connectivity index (χ2n) is 6.35. The van der Waals surface area contributed by atoms with Gasteiger partial charge in [0.1, 0.15) is 12.1 Å². The Morgan fingerprint density at radius 3 is 2.69 bits per heavy atom. The lowest BCUT2D eigenvalue weighted by molar-refractivity contribution is 0.0961. The Balaban J connectivity index is 1.84. The third kappa shape index (κ3) is 2.71. The number of hydrogen-bond acceptors (Lipinski definition) is 6. The molecule has 0 fully saturated rings. The summed E-state index contributed by atoms with van der Waals surface area (Å²) in [5.74, 6) is -0.654. The second kappa shape index (κ2) is 6.25. The van der Waals surface area contributed by atoms with Crippen LogP contribution in [0.1, 0.15) is 39.6 Å². The summed E-state index contributed by atoms with van der Waals surface area (Å²) in [6.45, 7) is 1.74. The molecule has 1 aliphatic carbocycles. The van der Waals surface area contributed by atoms with E-state index in [4.69, 9.17) is 5.73 Å². The number of ketones is 1. The molecule has 3 aromatic rings. The van der Waals surface area contributed by atoms with Gasteiger partial charge < -0.3 is 5.73 Å². The number of anilines is 1. The van der Waals surface area contributed by atoms with E-state index in [1.807, 2.05) is 6.07 Å². The fourth-order valence-corrected chi connectivity index (χ4v) is 3.64. The zero-order chi connectivity index (χ0) is 18.3. The number of hydrogen-bond donors (Lipinski definition) is 1. The average Bonchev–Trinajstić information content (AvgIpc) is 2.61. The van der Waals surface area contributed by atoms with Crippen LogP contribution in [-0.2, 0) is 6.42 Å². The highest BCUT2D eigenvalue weighted by Crippen LogP contribution is 2.39. The van der Waals surface area contributed by atoms with Crippen LogP contribution in [0.2, 0.25) is 0 Å². The summed E-state index contributed by atoms with van der Waals surface area (Å²) in [4.78, 5) is 29.0. The molecule has 2 aromatic heterocycles. The molecule has 1 aliphatic rings. The summed E-state index contributed by atoms with van der Waals surface area (Å²) >= 11 is 0. The van der Waals surface area contributed by atoms with Crippen molar-refractivity contribution >= 4 is 11.7 Å². The monoisotopic (exact) mass is 349 g/mol. The van der Waals surface area contributed by atoms with Crippen LogP contribution in [0.5, 0.6) is 0 Å². The van der Waals surface area contributed by atoms with Gasteiger partial charge in [-0.15, -0.1) is 0 Å². The van der Waals surface area contributed by atoms with Crippen molar-refractivity contribution in [3.8, 4) is 11.1 Å². The Labute approximate surface area is 149 Å². The standard InChI is InChI=1S/C19H16FN5O/c1-10-17-15(25-19(21)24-10)5-11(6-16(17)26)18-13(3-2-4-14(18)20)12-7-22-9-23-8-12/h2-4,7-9,11H,5-6H2,1H3,(H2,21,24,25). The SMILES string of the molecule is Cc1nc(N)nc2c1C(=O)CC(c1c(F)cccc1-c1cncnc1)C2. The molecule has 0 bridgehead atoms. The number of nitrogens with two attached hydrogens (primary N) is 1. The molecule has 0 saturated heterocycles. The van der Waals surface area contributed by atoms with Crippen molar-refractivity contribution in [2.45, 2.75) is 25.7 Å². The first-order valence-electron chi connectivity index (χ1n) is 8.24. The predicted octanol–water partition coefficient (Wildman–Crippen LogP) is 2.88. The lowest BCUT2D eigenvalue weighted by Gasteiger charge is -2.26. The van der Waals surface area contributed by atoms with Crippen LogP contribution in [-0.4, -0.2) is 25.7 Å². The topological polar surface area (TPSA) is 94.7 Å². The van der Waals surface area contributed by atoms with E-state index in [0.29, 0.717) is 40.1 Å². The fraction of sp³-hybridized carbons (Fsp3) is 0.211. The first kappa shape index (κ1) is 16.3. The minimum atomic E-state index is -0.355. The third-order valence-corrected chi connectivity index (χ3v) is 4.67. The van der Waals surface area contributed by atoms with Crippen molar-refractivity contribution in [3.05, 3.63) is 65.3 Å². The summed E-state index contributed by atoms with van der Waals surface area (Å²) in [6, 6.07) is 4.86. The number of carbonyl (C=O) groups is 1. The van der Waals surface area contributed by atoms with Gasteiger partial charge in [0.05, 0.1) is 17.0 Å². The number of nitrogen functional groups attached to an aromatic ring is 1. The van der Waals surface area contributed by atoms with E-state index in [2.05, 4.69) is 19.9 Å². The number of carbonyl (C=O) groups excluding carboxylic acids is 1. The first-order valence-corrected chi connectivity index (χ1v) is 8.24.